The number of nitrogens with zero attached hydrogens (tertiary/aromatic N) is 2. The molecule has 0 saturated heterocycles. The van der Waals surface area contributed by atoms with Crippen molar-refractivity contribution in [1.29, 1.82) is 0 Å². The quantitative estimate of drug-likeness (QED) is 0.836. The average molecular weight is 313 g/mol. The molecule has 0 radical (unpaired) electrons. The van der Waals surface area contributed by atoms with Crippen LogP contribution in [0.15, 0.2) is 34.1 Å². The second kappa shape index (κ2) is 5.38. The van der Waals surface area contributed by atoms with Crippen molar-refractivity contribution in [1.82, 2.24) is 9.55 Å². The molecule has 0 aliphatic carbocycles. The van der Waals surface area contributed by atoms with E-state index in [4.69, 9.17) is 12.2 Å². The maximum atomic E-state index is 12.2. The molecule has 0 atom stereocenters. The van der Waals surface area contributed by atoms with Gasteiger partial charge in [-0.3, -0.25) is 19.3 Å². The smallest absolute Gasteiger partial charge is 0.262 e. The molecule has 1 aromatic heterocycles. The molecule has 6 heteroatoms. The van der Waals surface area contributed by atoms with Crippen LogP contribution in [0.25, 0.3) is 11.6 Å². The van der Waals surface area contributed by atoms with Crippen LogP contribution in [0.4, 0.5) is 5.69 Å². The van der Waals surface area contributed by atoms with E-state index in [2.05, 4.69) is 9.98 Å². The average Bonchev–Trinajstić information content (AvgIpc) is 2.79. The van der Waals surface area contributed by atoms with E-state index in [1.54, 1.807) is 6.08 Å². The van der Waals surface area contributed by atoms with Crippen LogP contribution in [0.3, 0.4) is 0 Å². The number of allylic oxidation sites excluding steroid dienone is 1. The molecule has 5 nitrogen and oxygen atoms in total. The van der Waals surface area contributed by atoms with Gasteiger partial charge < -0.3 is 5.11 Å². The topological polar surface area (TPSA) is 70.4 Å². The van der Waals surface area contributed by atoms with E-state index in [0.717, 1.165) is 22.5 Å². The lowest BCUT2D eigenvalue weighted by molar-refractivity contribution is 0.408. The minimum Gasteiger partial charge on any atom is -0.494 e. The van der Waals surface area contributed by atoms with Gasteiger partial charge in [0.2, 0.25) is 5.88 Å². The van der Waals surface area contributed by atoms with E-state index >= 15 is 0 Å². The number of fused-ring (bicyclic) bond motifs is 1. The van der Waals surface area contributed by atoms with E-state index in [9.17, 15) is 9.90 Å². The maximum Gasteiger partial charge on any atom is 0.262 e. The summed E-state index contributed by atoms with van der Waals surface area (Å²) in [5.41, 5.74) is 3.24. The summed E-state index contributed by atoms with van der Waals surface area (Å²) >= 11 is 5.06. The summed E-state index contributed by atoms with van der Waals surface area (Å²) in [5.74, 6) is -0.124. The monoisotopic (exact) mass is 313 g/mol. The van der Waals surface area contributed by atoms with Gasteiger partial charge in [-0.2, -0.15) is 0 Å². The van der Waals surface area contributed by atoms with E-state index in [0.29, 0.717) is 6.54 Å². The van der Waals surface area contributed by atoms with Gasteiger partial charge in [0, 0.05) is 23.4 Å². The molecule has 0 unspecified atom stereocenters. The summed E-state index contributed by atoms with van der Waals surface area (Å²) in [6.07, 6.45) is 1.67. The number of aromatic hydroxyl groups is 1. The Morgan fingerprint density at radius 1 is 1.41 bits per heavy atom. The number of aromatic nitrogens is 2. The number of rotatable bonds is 2. The normalized spacial score (nSPS) is 15.0. The number of hydrogen-bond acceptors (Lipinski definition) is 4. The molecule has 1 aliphatic heterocycles. The summed E-state index contributed by atoms with van der Waals surface area (Å²) in [6, 6.07) is 7.70. The molecule has 0 amide bonds. The Morgan fingerprint density at radius 3 is 2.86 bits per heavy atom. The first-order valence-electron chi connectivity index (χ1n) is 6.95. The number of para-hydroxylation sites is 1. The number of aromatic amines is 1. The fourth-order valence-corrected chi connectivity index (χ4v) is 2.87. The van der Waals surface area contributed by atoms with Crippen LogP contribution in [-0.2, 0) is 6.54 Å². The van der Waals surface area contributed by atoms with Crippen LogP contribution in [0.5, 0.6) is 5.88 Å². The Balaban J connectivity index is 2.25. The van der Waals surface area contributed by atoms with Crippen LogP contribution < -0.4 is 5.56 Å². The highest BCUT2D eigenvalue weighted by molar-refractivity contribution is 7.71. The van der Waals surface area contributed by atoms with Crippen molar-refractivity contribution in [2.24, 2.45) is 4.99 Å². The van der Waals surface area contributed by atoms with Crippen molar-refractivity contribution >= 4 is 35.3 Å². The first-order chi connectivity index (χ1) is 10.5. The fraction of sp³-hybridized carbons (Fsp3) is 0.188. The third-order valence-corrected chi connectivity index (χ3v) is 4.01. The lowest BCUT2D eigenvalue weighted by Crippen LogP contribution is -2.16. The van der Waals surface area contributed by atoms with Gasteiger partial charge in [-0.05, 0) is 38.2 Å². The molecule has 2 aromatic rings. The summed E-state index contributed by atoms with van der Waals surface area (Å²) in [7, 11) is 0. The lowest BCUT2D eigenvalue weighted by Gasteiger charge is -2.09. The van der Waals surface area contributed by atoms with Gasteiger partial charge in [0.1, 0.15) is 5.56 Å². The molecule has 0 spiro atoms. The van der Waals surface area contributed by atoms with Crippen LogP contribution >= 0.6 is 12.2 Å². The molecule has 22 heavy (non-hydrogen) atoms. The van der Waals surface area contributed by atoms with Crippen LogP contribution in [0, 0.1) is 4.77 Å². The fourth-order valence-electron chi connectivity index (χ4n) is 2.56. The molecule has 0 saturated carbocycles. The largest absolute Gasteiger partial charge is 0.494 e. The highest BCUT2D eigenvalue weighted by Gasteiger charge is 2.19. The molecule has 1 aromatic carbocycles. The van der Waals surface area contributed by atoms with Crippen molar-refractivity contribution < 1.29 is 5.11 Å². The zero-order chi connectivity index (χ0) is 15.9. The van der Waals surface area contributed by atoms with Gasteiger partial charge in [0.05, 0.1) is 5.69 Å². The highest BCUT2D eigenvalue weighted by atomic mass is 32.1. The van der Waals surface area contributed by atoms with Crippen molar-refractivity contribution in [2.45, 2.75) is 20.4 Å². The number of aliphatic imine (C=N–C) groups is 1. The summed E-state index contributed by atoms with van der Waals surface area (Å²) in [5, 5.41) is 10.3. The Hall–Kier alpha value is -2.47. The van der Waals surface area contributed by atoms with E-state index in [1.165, 1.54) is 4.57 Å². The van der Waals surface area contributed by atoms with Gasteiger partial charge >= 0.3 is 0 Å². The second-order valence-corrected chi connectivity index (χ2v) is 5.40. The number of H-pyrrole nitrogens is 1. The standard InChI is InChI=1S/C16H15N3O2S/c1-3-19-15(21)12(14(20)18-16(19)22)8-11-9(2)17-13-7-5-4-6-10(11)13/h4-8,21H,3H2,1-2H3,(H,18,20,22)/b11-8-. The second-order valence-electron chi connectivity index (χ2n) is 5.01. The SMILES string of the molecule is CCn1c(O)c(/C=C2/C(C)=Nc3ccccc32)c(=O)[nH]c1=S. The summed E-state index contributed by atoms with van der Waals surface area (Å²) in [4.78, 5) is 19.2. The number of benzene rings is 1. The minimum atomic E-state index is -0.406. The molecular weight excluding hydrogens is 298 g/mol. The molecular formula is C16H15N3O2S. The first-order valence-corrected chi connectivity index (χ1v) is 7.36. The number of hydrogen-bond donors (Lipinski definition) is 2. The van der Waals surface area contributed by atoms with Crippen molar-refractivity contribution in [3.05, 3.63) is 50.5 Å². The molecule has 1 aliphatic rings. The van der Waals surface area contributed by atoms with Crippen LogP contribution in [0.1, 0.15) is 25.0 Å². The molecule has 0 bridgehead atoms. The third-order valence-electron chi connectivity index (χ3n) is 3.68. The lowest BCUT2D eigenvalue weighted by atomic mass is 10.0. The third kappa shape index (κ3) is 2.21. The van der Waals surface area contributed by atoms with Crippen molar-refractivity contribution in [2.75, 3.05) is 0 Å². The van der Waals surface area contributed by atoms with Crippen LogP contribution in [-0.4, -0.2) is 20.4 Å². The maximum absolute atomic E-state index is 12.2. The molecule has 0 fully saturated rings. The molecule has 2 N–H and O–H groups in total. The molecule has 2 heterocycles. The predicted octanol–water partition coefficient (Wildman–Crippen LogP) is 3.28. The van der Waals surface area contributed by atoms with Crippen molar-refractivity contribution in [3.8, 4) is 5.88 Å². The highest BCUT2D eigenvalue weighted by Crippen LogP contribution is 2.35. The number of nitrogens with one attached hydrogen (secondary N) is 1. The Labute approximate surface area is 132 Å². The Morgan fingerprint density at radius 2 is 2.14 bits per heavy atom. The Kier molecular flexibility index (Phi) is 3.54. The zero-order valence-corrected chi connectivity index (χ0v) is 13.1. The van der Waals surface area contributed by atoms with Crippen molar-refractivity contribution in [3.63, 3.8) is 0 Å². The zero-order valence-electron chi connectivity index (χ0n) is 12.3. The minimum absolute atomic E-state index is 0.124. The van der Waals surface area contributed by atoms with Gasteiger partial charge in [-0.15, -0.1) is 0 Å². The van der Waals surface area contributed by atoms with Gasteiger partial charge in [0.15, 0.2) is 4.77 Å². The predicted molar refractivity (Wildman–Crippen MR) is 90.3 cm³/mol. The first kappa shape index (κ1) is 14.5. The van der Waals surface area contributed by atoms with Gasteiger partial charge in [-0.25, -0.2) is 0 Å². The molecule has 112 valence electrons. The van der Waals surface area contributed by atoms with Crippen LogP contribution in [0.2, 0.25) is 0 Å². The Bertz CT molecular complexity index is 935. The van der Waals surface area contributed by atoms with Gasteiger partial charge in [-0.1, -0.05) is 18.2 Å². The summed E-state index contributed by atoms with van der Waals surface area (Å²) < 4.78 is 1.69. The van der Waals surface area contributed by atoms with E-state index < -0.39 is 5.56 Å². The summed E-state index contributed by atoms with van der Waals surface area (Å²) in [6.45, 7) is 4.20. The molecule has 3 rings (SSSR count). The van der Waals surface area contributed by atoms with E-state index in [1.807, 2.05) is 38.1 Å². The van der Waals surface area contributed by atoms with Gasteiger partial charge in [0.25, 0.3) is 5.56 Å². The van der Waals surface area contributed by atoms with E-state index in [-0.39, 0.29) is 16.2 Å².